The molecule has 0 radical (unpaired) electrons. The van der Waals surface area contributed by atoms with E-state index < -0.39 is 11.6 Å². The lowest BCUT2D eigenvalue weighted by molar-refractivity contribution is 0.460. The number of benzene rings is 2. The first-order valence-corrected chi connectivity index (χ1v) is 6.08. The van der Waals surface area contributed by atoms with Crippen LogP contribution < -0.4 is 10.5 Å². The fourth-order valence-corrected chi connectivity index (χ4v) is 1.72. The van der Waals surface area contributed by atoms with E-state index in [1.807, 2.05) is 19.1 Å². The van der Waals surface area contributed by atoms with Gasteiger partial charge in [-0.05, 0) is 36.2 Å². The highest BCUT2D eigenvalue weighted by Crippen LogP contribution is 2.25. The van der Waals surface area contributed by atoms with E-state index >= 15 is 0 Å². The molecule has 0 spiro atoms. The van der Waals surface area contributed by atoms with Crippen molar-refractivity contribution in [3.8, 4) is 11.5 Å². The van der Waals surface area contributed by atoms with Crippen molar-refractivity contribution in [1.29, 1.82) is 0 Å². The van der Waals surface area contributed by atoms with Gasteiger partial charge in [-0.1, -0.05) is 19.1 Å². The van der Waals surface area contributed by atoms with Crippen LogP contribution >= 0.6 is 0 Å². The van der Waals surface area contributed by atoms with Crippen molar-refractivity contribution in [2.24, 2.45) is 5.73 Å². The van der Waals surface area contributed by atoms with Crippen molar-refractivity contribution in [3.05, 3.63) is 59.7 Å². The third-order valence-corrected chi connectivity index (χ3v) is 2.85. The van der Waals surface area contributed by atoms with Crippen molar-refractivity contribution < 1.29 is 13.5 Å². The van der Waals surface area contributed by atoms with Gasteiger partial charge >= 0.3 is 0 Å². The molecule has 1 atom stereocenters. The number of nitrogens with two attached hydrogens (primary N) is 1. The SMILES string of the molecule is CCC(N)c1cccc(Oc2ccc(F)c(F)c2)c1. The smallest absolute Gasteiger partial charge is 0.162 e. The van der Waals surface area contributed by atoms with E-state index in [0.717, 1.165) is 24.1 Å². The molecule has 0 saturated heterocycles. The molecule has 2 aromatic rings. The molecule has 0 heterocycles. The molecule has 2 nitrogen and oxygen atoms in total. The Bertz CT molecular complexity index is 572. The Morgan fingerprint density at radius 3 is 2.47 bits per heavy atom. The maximum absolute atomic E-state index is 13.1. The Hall–Kier alpha value is -1.94. The van der Waals surface area contributed by atoms with Crippen LogP contribution in [0.2, 0.25) is 0 Å². The van der Waals surface area contributed by atoms with E-state index in [-0.39, 0.29) is 11.8 Å². The summed E-state index contributed by atoms with van der Waals surface area (Å²) in [5, 5.41) is 0. The van der Waals surface area contributed by atoms with E-state index in [0.29, 0.717) is 5.75 Å². The lowest BCUT2D eigenvalue weighted by atomic mass is 10.1. The molecule has 0 aliphatic heterocycles. The topological polar surface area (TPSA) is 35.2 Å². The predicted octanol–water partition coefficient (Wildman–Crippen LogP) is 4.17. The molecular weight excluding hydrogens is 248 g/mol. The number of ether oxygens (including phenoxy) is 1. The van der Waals surface area contributed by atoms with Crippen LogP contribution in [-0.2, 0) is 0 Å². The van der Waals surface area contributed by atoms with Crippen LogP contribution in [0.1, 0.15) is 24.9 Å². The standard InChI is InChI=1S/C15H15F2NO/c1-2-15(18)10-4-3-5-11(8-10)19-12-6-7-13(16)14(17)9-12/h3-9,15H,2,18H2,1H3. The summed E-state index contributed by atoms with van der Waals surface area (Å²) >= 11 is 0. The van der Waals surface area contributed by atoms with Crippen LogP contribution in [0.15, 0.2) is 42.5 Å². The highest BCUT2D eigenvalue weighted by Gasteiger charge is 2.07. The molecule has 0 aliphatic rings. The Balaban J connectivity index is 2.20. The summed E-state index contributed by atoms with van der Waals surface area (Å²) < 4.78 is 31.4. The number of hydrogen-bond donors (Lipinski definition) is 1. The van der Waals surface area contributed by atoms with Gasteiger partial charge in [0.15, 0.2) is 11.6 Å². The van der Waals surface area contributed by atoms with Crippen molar-refractivity contribution in [2.75, 3.05) is 0 Å². The summed E-state index contributed by atoms with van der Waals surface area (Å²) in [6, 6.07) is 10.6. The Labute approximate surface area is 110 Å². The number of halogens is 2. The van der Waals surface area contributed by atoms with Gasteiger partial charge in [-0.2, -0.15) is 0 Å². The molecule has 1 unspecified atom stereocenters. The molecule has 2 N–H and O–H groups in total. The van der Waals surface area contributed by atoms with Crippen molar-refractivity contribution >= 4 is 0 Å². The minimum atomic E-state index is -0.932. The van der Waals surface area contributed by atoms with E-state index in [1.165, 1.54) is 6.07 Å². The molecular formula is C15H15F2NO. The third-order valence-electron chi connectivity index (χ3n) is 2.85. The highest BCUT2D eigenvalue weighted by atomic mass is 19.2. The van der Waals surface area contributed by atoms with E-state index in [1.54, 1.807) is 12.1 Å². The normalized spacial score (nSPS) is 12.2. The van der Waals surface area contributed by atoms with Gasteiger partial charge in [-0.15, -0.1) is 0 Å². The van der Waals surface area contributed by atoms with E-state index in [4.69, 9.17) is 10.5 Å². The molecule has 2 aromatic carbocycles. The molecule has 0 saturated carbocycles. The first-order chi connectivity index (χ1) is 9.10. The van der Waals surface area contributed by atoms with Crippen molar-refractivity contribution in [1.82, 2.24) is 0 Å². The second kappa shape index (κ2) is 5.80. The van der Waals surface area contributed by atoms with Gasteiger partial charge in [0, 0.05) is 12.1 Å². The minimum Gasteiger partial charge on any atom is -0.457 e. The summed E-state index contributed by atoms with van der Waals surface area (Å²) in [7, 11) is 0. The van der Waals surface area contributed by atoms with E-state index in [2.05, 4.69) is 0 Å². The van der Waals surface area contributed by atoms with Gasteiger partial charge in [0.25, 0.3) is 0 Å². The molecule has 0 bridgehead atoms. The number of hydrogen-bond acceptors (Lipinski definition) is 2. The lowest BCUT2D eigenvalue weighted by Gasteiger charge is -2.11. The fraction of sp³-hybridized carbons (Fsp3) is 0.200. The second-order valence-electron chi connectivity index (χ2n) is 4.27. The maximum Gasteiger partial charge on any atom is 0.162 e. The van der Waals surface area contributed by atoms with Crippen LogP contribution in [0.25, 0.3) is 0 Å². The average Bonchev–Trinajstić information content (AvgIpc) is 2.42. The van der Waals surface area contributed by atoms with Crippen LogP contribution in [0.5, 0.6) is 11.5 Å². The van der Waals surface area contributed by atoms with Crippen LogP contribution in [0, 0.1) is 11.6 Å². The highest BCUT2D eigenvalue weighted by molar-refractivity contribution is 5.35. The van der Waals surface area contributed by atoms with Crippen molar-refractivity contribution in [2.45, 2.75) is 19.4 Å². The minimum absolute atomic E-state index is 0.0616. The van der Waals surface area contributed by atoms with Crippen LogP contribution in [0.4, 0.5) is 8.78 Å². The number of rotatable bonds is 4. The molecule has 0 aliphatic carbocycles. The molecule has 4 heteroatoms. The summed E-state index contributed by atoms with van der Waals surface area (Å²) in [6.07, 6.45) is 0.814. The van der Waals surface area contributed by atoms with Crippen molar-refractivity contribution in [3.63, 3.8) is 0 Å². The zero-order chi connectivity index (χ0) is 13.8. The van der Waals surface area contributed by atoms with Gasteiger partial charge in [0.2, 0.25) is 0 Å². The largest absolute Gasteiger partial charge is 0.457 e. The molecule has 2 rings (SSSR count). The van der Waals surface area contributed by atoms with Gasteiger partial charge < -0.3 is 10.5 Å². The molecule has 0 aromatic heterocycles. The molecule has 0 amide bonds. The van der Waals surface area contributed by atoms with Gasteiger partial charge in [-0.25, -0.2) is 8.78 Å². The zero-order valence-corrected chi connectivity index (χ0v) is 10.6. The van der Waals surface area contributed by atoms with Gasteiger partial charge in [0.05, 0.1) is 0 Å². The summed E-state index contributed by atoms with van der Waals surface area (Å²) in [6.45, 7) is 1.99. The molecule has 0 fully saturated rings. The first-order valence-electron chi connectivity index (χ1n) is 6.08. The second-order valence-corrected chi connectivity index (χ2v) is 4.27. The fourth-order valence-electron chi connectivity index (χ4n) is 1.72. The van der Waals surface area contributed by atoms with Crippen LogP contribution in [-0.4, -0.2) is 0 Å². The third kappa shape index (κ3) is 3.29. The quantitative estimate of drug-likeness (QED) is 0.898. The summed E-state index contributed by atoms with van der Waals surface area (Å²) in [4.78, 5) is 0. The Morgan fingerprint density at radius 2 is 1.79 bits per heavy atom. The maximum atomic E-state index is 13.1. The van der Waals surface area contributed by atoms with E-state index in [9.17, 15) is 8.78 Å². The average molecular weight is 263 g/mol. The lowest BCUT2D eigenvalue weighted by Crippen LogP contribution is -2.08. The Morgan fingerprint density at radius 1 is 1.05 bits per heavy atom. The van der Waals surface area contributed by atoms with Crippen LogP contribution in [0.3, 0.4) is 0 Å². The monoisotopic (exact) mass is 263 g/mol. The van der Waals surface area contributed by atoms with Gasteiger partial charge in [-0.3, -0.25) is 0 Å². The van der Waals surface area contributed by atoms with Gasteiger partial charge in [0.1, 0.15) is 11.5 Å². The molecule has 100 valence electrons. The first kappa shape index (κ1) is 13.5. The summed E-state index contributed by atoms with van der Waals surface area (Å²) in [5.41, 5.74) is 6.88. The molecule has 19 heavy (non-hydrogen) atoms. The predicted molar refractivity (Wildman–Crippen MR) is 70.1 cm³/mol. The zero-order valence-electron chi connectivity index (χ0n) is 10.6. The summed E-state index contributed by atoms with van der Waals surface area (Å²) in [5.74, 6) is -1.03. The Kier molecular flexibility index (Phi) is 4.12.